The van der Waals surface area contributed by atoms with Crippen LogP contribution in [0.4, 0.5) is 0 Å². The number of methoxy groups -OCH3 is 1. The molecule has 4 heteroatoms. The number of rotatable bonds is 4. The minimum Gasteiger partial charge on any atom is -0.496 e. The SMILES string of the molecule is COc1ccccc1C(NN)C1CCc2cccnc21. The van der Waals surface area contributed by atoms with Crippen LogP contribution in [-0.2, 0) is 6.42 Å². The van der Waals surface area contributed by atoms with Crippen molar-refractivity contribution >= 4 is 0 Å². The molecule has 1 aliphatic rings. The number of hydrogen-bond acceptors (Lipinski definition) is 4. The Bertz CT molecular complexity index is 600. The first-order chi connectivity index (χ1) is 9.85. The Hall–Kier alpha value is -1.91. The predicted octanol–water partition coefficient (Wildman–Crippen LogP) is 2.32. The Balaban J connectivity index is 1.99. The molecule has 104 valence electrons. The van der Waals surface area contributed by atoms with Crippen molar-refractivity contribution in [2.75, 3.05) is 7.11 Å². The molecule has 20 heavy (non-hydrogen) atoms. The molecule has 3 N–H and O–H groups in total. The lowest BCUT2D eigenvalue weighted by Gasteiger charge is -2.25. The lowest BCUT2D eigenvalue weighted by molar-refractivity contribution is 0.383. The second-order valence-corrected chi connectivity index (χ2v) is 5.08. The molecule has 4 nitrogen and oxygen atoms in total. The van der Waals surface area contributed by atoms with Gasteiger partial charge in [-0.1, -0.05) is 24.3 Å². The molecule has 0 radical (unpaired) electrons. The van der Waals surface area contributed by atoms with E-state index in [0.29, 0.717) is 0 Å². The van der Waals surface area contributed by atoms with Crippen LogP contribution in [0.1, 0.15) is 35.2 Å². The van der Waals surface area contributed by atoms with E-state index >= 15 is 0 Å². The van der Waals surface area contributed by atoms with Crippen molar-refractivity contribution in [1.29, 1.82) is 0 Å². The molecular formula is C16H19N3O. The molecule has 1 heterocycles. The second-order valence-electron chi connectivity index (χ2n) is 5.08. The average molecular weight is 269 g/mol. The Morgan fingerprint density at radius 3 is 2.95 bits per heavy atom. The normalized spacial score (nSPS) is 18.6. The zero-order chi connectivity index (χ0) is 13.9. The van der Waals surface area contributed by atoms with Crippen molar-refractivity contribution in [3.05, 3.63) is 59.4 Å². The van der Waals surface area contributed by atoms with Crippen LogP contribution in [0.2, 0.25) is 0 Å². The number of nitrogens with two attached hydrogens (primary N) is 1. The molecule has 0 aliphatic heterocycles. The van der Waals surface area contributed by atoms with E-state index in [0.717, 1.165) is 29.8 Å². The monoisotopic (exact) mass is 269 g/mol. The van der Waals surface area contributed by atoms with Gasteiger partial charge in [0.15, 0.2) is 0 Å². The van der Waals surface area contributed by atoms with Crippen LogP contribution in [-0.4, -0.2) is 12.1 Å². The molecule has 0 spiro atoms. The van der Waals surface area contributed by atoms with Gasteiger partial charge in [-0.05, 0) is 30.5 Å². The van der Waals surface area contributed by atoms with Crippen molar-refractivity contribution in [3.63, 3.8) is 0 Å². The number of ether oxygens (including phenoxy) is 1. The topological polar surface area (TPSA) is 60.2 Å². The van der Waals surface area contributed by atoms with Crippen molar-refractivity contribution in [2.24, 2.45) is 5.84 Å². The van der Waals surface area contributed by atoms with E-state index in [1.165, 1.54) is 5.56 Å². The van der Waals surface area contributed by atoms with Gasteiger partial charge >= 0.3 is 0 Å². The number of pyridine rings is 1. The third-order valence-electron chi connectivity index (χ3n) is 4.06. The fourth-order valence-electron chi connectivity index (χ4n) is 3.11. The van der Waals surface area contributed by atoms with Crippen molar-refractivity contribution < 1.29 is 4.74 Å². The van der Waals surface area contributed by atoms with E-state index in [2.05, 4.69) is 22.5 Å². The van der Waals surface area contributed by atoms with Crippen LogP contribution >= 0.6 is 0 Å². The van der Waals surface area contributed by atoms with E-state index in [9.17, 15) is 0 Å². The molecule has 2 unspecified atom stereocenters. The van der Waals surface area contributed by atoms with Crippen molar-refractivity contribution in [2.45, 2.75) is 24.8 Å². The van der Waals surface area contributed by atoms with Gasteiger partial charge < -0.3 is 4.74 Å². The van der Waals surface area contributed by atoms with Crippen LogP contribution in [0.5, 0.6) is 5.75 Å². The molecule has 1 aliphatic carbocycles. The molecule has 1 aromatic heterocycles. The van der Waals surface area contributed by atoms with E-state index in [4.69, 9.17) is 10.6 Å². The average Bonchev–Trinajstić information content (AvgIpc) is 2.93. The smallest absolute Gasteiger partial charge is 0.123 e. The first-order valence-corrected chi connectivity index (χ1v) is 6.88. The summed E-state index contributed by atoms with van der Waals surface area (Å²) in [5, 5.41) is 0. The van der Waals surface area contributed by atoms with Crippen LogP contribution in [0.3, 0.4) is 0 Å². The van der Waals surface area contributed by atoms with Crippen LogP contribution in [0.25, 0.3) is 0 Å². The first-order valence-electron chi connectivity index (χ1n) is 6.88. The molecule has 2 aromatic rings. The molecule has 3 rings (SSSR count). The number of fused-ring (bicyclic) bond motifs is 1. The summed E-state index contributed by atoms with van der Waals surface area (Å²) < 4.78 is 5.46. The highest BCUT2D eigenvalue weighted by Gasteiger charge is 2.32. The lowest BCUT2D eigenvalue weighted by atomic mass is 9.90. The predicted molar refractivity (Wildman–Crippen MR) is 78.4 cm³/mol. The molecule has 2 atom stereocenters. The van der Waals surface area contributed by atoms with Gasteiger partial charge in [-0.3, -0.25) is 16.3 Å². The Kier molecular flexibility index (Phi) is 3.67. The largest absolute Gasteiger partial charge is 0.496 e. The van der Waals surface area contributed by atoms with Gasteiger partial charge in [-0.25, -0.2) is 0 Å². The molecule has 0 saturated heterocycles. The van der Waals surface area contributed by atoms with E-state index in [1.54, 1.807) is 7.11 Å². The summed E-state index contributed by atoms with van der Waals surface area (Å²) >= 11 is 0. The first kappa shape index (κ1) is 13.1. The Morgan fingerprint density at radius 2 is 2.15 bits per heavy atom. The van der Waals surface area contributed by atoms with Gasteiger partial charge in [0.2, 0.25) is 0 Å². The Morgan fingerprint density at radius 1 is 1.30 bits per heavy atom. The number of aryl methyl sites for hydroxylation is 1. The highest BCUT2D eigenvalue weighted by molar-refractivity contribution is 5.40. The summed E-state index contributed by atoms with van der Waals surface area (Å²) in [6.45, 7) is 0. The third-order valence-corrected chi connectivity index (χ3v) is 4.06. The number of hydrogen-bond donors (Lipinski definition) is 2. The zero-order valence-corrected chi connectivity index (χ0v) is 11.5. The number of hydrazine groups is 1. The molecule has 0 amide bonds. The molecule has 0 saturated carbocycles. The van der Waals surface area contributed by atoms with Crippen LogP contribution in [0, 0.1) is 0 Å². The van der Waals surface area contributed by atoms with E-state index < -0.39 is 0 Å². The molecule has 1 aromatic carbocycles. The van der Waals surface area contributed by atoms with Gasteiger partial charge in [0.05, 0.1) is 13.2 Å². The fraction of sp³-hybridized carbons (Fsp3) is 0.312. The van der Waals surface area contributed by atoms with Gasteiger partial charge in [0, 0.05) is 23.4 Å². The standard InChI is InChI=1S/C16H19N3O/c1-20-14-7-3-2-6-12(14)16(19-17)13-9-8-11-5-4-10-18-15(11)13/h2-7,10,13,16,19H,8-9,17H2,1H3. The van der Waals surface area contributed by atoms with Gasteiger partial charge in [-0.2, -0.15) is 0 Å². The zero-order valence-electron chi connectivity index (χ0n) is 11.5. The van der Waals surface area contributed by atoms with Gasteiger partial charge in [-0.15, -0.1) is 0 Å². The van der Waals surface area contributed by atoms with Crippen molar-refractivity contribution in [3.8, 4) is 5.75 Å². The highest BCUT2D eigenvalue weighted by Crippen LogP contribution is 2.42. The summed E-state index contributed by atoms with van der Waals surface area (Å²) in [7, 11) is 1.69. The van der Waals surface area contributed by atoms with Gasteiger partial charge in [0.1, 0.15) is 5.75 Å². The summed E-state index contributed by atoms with van der Waals surface area (Å²) in [5.41, 5.74) is 6.52. The van der Waals surface area contributed by atoms with Crippen LogP contribution < -0.4 is 16.0 Å². The lowest BCUT2D eigenvalue weighted by Crippen LogP contribution is -2.32. The summed E-state index contributed by atoms with van der Waals surface area (Å²) in [4.78, 5) is 4.55. The van der Waals surface area contributed by atoms with E-state index in [-0.39, 0.29) is 12.0 Å². The number of aromatic nitrogens is 1. The summed E-state index contributed by atoms with van der Waals surface area (Å²) in [6.07, 6.45) is 3.97. The number of benzene rings is 1. The van der Waals surface area contributed by atoms with Gasteiger partial charge in [0.25, 0.3) is 0 Å². The number of nitrogens with zero attached hydrogens (tertiary/aromatic N) is 1. The maximum Gasteiger partial charge on any atom is 0.123 e. The quantitative estimate of drug-likeness (QED) is 0.660. The number of para-hydroxylation sites is 1. The van der Waals surface area contributed by atoms with E-state index in [1.807, 2.05) is 30.5 Å². The van der Waals surface area contributed by atoms with Crippen LogP contribution in [0.15, 0.2) is 42.6 Å². The number of nitrogens with one attached hydrogen (secondary N) is 1. The fourth-order valence-corrected chi connectivity index (χ4v) is 3.11. The third kappa shape index (κ3) is 2.17. The highest BCUT2D eigenvalue weighted by atomic mass is 16.5. The maximum absolute atomic E-state index is 5.83. The maximum atomic E-state index is 5.83. The molecule has 0 bridgehead atoms. The minimum absolute atomic E-state index is 0.0160. The second kappa shape index (κ2) is 5.61. The molecular weight excluding hydrogens is 250 g/mol. The summed E-state index contributed by atoms with van der Waals surface area (Å²) in [6, 6.07) is 12.2. The minimum atomic E-state index is 0.0160. The molecule has 0 fully saturated rings. The summed E-state index contributed by atoms with van der Waals surface area (Å²) in [5.74, 6) is 6.98. The van der Waals surface area contributed by atoms with Crippen molar-refractivity contribution in [1.82, 2.24) is 10.4 Å². The Labute approximate surface area is 119 Å².